The minimum atomic E-state index is -0.653. The highest BCUT2D eigenvalue weighted by Crippen LogP contribution is 2.32. The molecule has 0 radical (unpaired) electrons. The monoisotopic (exact) mass is 483 g/mol. The lowest BCUT2D eigenvalue weighted by Gasteiger charge is -2.14. The number of nitrogens with zero attached hydrogens (tertiary/aromatic N) is 1. The van der Waals surface area contributed by atoms with Crippen molar-refractivity contribution in [2.45, 2.75) is 0 Å². The Morgan fingerprint density at radius 3 is 2.36 bits per heavy atom. The van der Waals surface area contributed by atoms with Crippen LogP contribution in [0.2, 0.25) is 10.0 Å². The number of cyclic esters (lactones) is 1. The first kappa shape index (κ1) is 22.3. The highest BCUT2D eigenvalue weighted by molar-refractivity contribution is 6.32. The van der Waals surface area contributed by atoms with Crippen LogP contribution < -0.4 is 10.6 Å². The molecule has 3 aromatic rings. The smallest absolute Gasteiger partial charge is 0.338 e. The fraction of sp³-hybridized carbons (Fsp3) is 0.0435. The zero-order valence-corrected chi connectivity index (χ0v) is 18.3. The van der Waals surface area contributed by atoms with E-state index in [1.807, 2.05) is 0 Å². The van der Waals surface area contributed by atoms with E-state index in [-0.39, 0.29) is 40.0 Å². The summed E-state index contributed by atoms with van der Waals surface area (Å²) in [5, 5.41) is 16.0. The van der Waals surface area contributed by atoms with Crippen LogP contribution in [-0.4, -0.2) is 34.5 Å². The van der Waals surface area contributed by atoms with Crippen molar-refractivity contribution in [3.8, 4) is 5.75 Å². The molecule has 33 heavy (non-hydrogen) atoms. The molecule has 0 atom stereocenters. The molecule has 2 aromatic carbocycles. The van der Waals surface area contributed by atoms with Gasteiger partial charge in [0.15, 0.2) is 0 Å². The predicted molar refractivity (Wildman–Crippen MR) is 124 cm³/mol. The minimum absolute atomic E-state index is 0.0689. The van der Waals surface area contributed by atoms with Crippen LogP contribution in [-0.2, 0) is 9.53 Å². The van der Waals surface area contributed by atoms with Gasteiger partial charge in [0.1, 0.15) is 18.2 Å². The van der Waals surface area contributed by atoms with Gasteiger partial charge in [0.2, 0.25) is 0 Å². The molecular weight excluding hydrogens is 469 g/mol. The molecule has 8 nitrogen and oxygen atoms in total. The second-order valence-corrected chi connectivity index (χ2v) is 7.78. The van der Waals surface area contributed by atoms with Crippen LogP contribution in [0.25, 0.3) is 5.57 Å². The second-order valence-electron chi connectivity index (χ2n) is 6.91. The van der Waals surface area contributed by atoms with Crippen LogP contribution in [0, 0.1) is 0 Å². The van der Waals surface area contributed by atoms with Gasteiger partial charge in [-0.3, -0.25) is 9.59 Å². The lowest BCUT2D eigenvalue weighted by atomic mass is 10.0. The van der Waals surface area contributed by atoms with Gasteiger partial charge in [-0.05, 0) is 42.0 Å². The number of phenolic OH excluding ortho intramolecular Hbond substituents is 1. The number of benzene rings is 2. The molecule has 0 saturated heterocycles. The summed E-state index contributed by atoms with van der Waals surface area (Å²) in [5.74, 6) is -1.83. The zero-order chi connectivity index (χ0) is 23.5. The van der Waals surface area contributed by atoms with E-state index in [2.05, 4.69) is 15.6 Å². The first-order chi connectivity index (χ1) is 15.8. The molecule has 1 aliphatic heterocycles. The van der Waals surface area contributed by atoms with Crippen LogP contribution in [0.3, 0.4) is 0 Å². The van der Waals surface area contributed by atoms with Gasteiger partial charge in [0.25, 0.3) is 11.8 Å². The van der Waals surface area contributed by atoms with Crippen molar-refractivity contribution in [2.24, 2.45) is 0 Å². The maximum atomic E-state index is 12.8. The SMILES string of the molecule is O=C1OCC=C1c1ccc(C(=O)Nc2c(O)cc(Cl)cc2C(=O)Nc2ccc(Cl)cn2)cc1. The molecule has 0 fully saturated rings. The number of hydrogen-bond donors (Lipinski definition) is 3. The molecule has 0 unspecified atom stereocenters. The molecule has 0 bridgehead atoms. The Hall–Kier alpha value is -3.88. The number of halogens is 2. The Morgan fingerprint density at radius 2 is 1.73 bits per heavy atom. The Morgan fingerprint density at radius 1 is 0.970 bits per heavy atom. The van der Waals surface area contributed by atoms with Crippen molar-refractivity contribution >= 4 is 58.1 Å². The summed E-state index contributed by atoms with van der Waals surface area (Å²) >= 11 is 11.8. The summed E-state index contributed by atoms with van der Waals surface area (Å²) in [4.78, 5) is 41.3. The third kappa shape index (κ3) is 4.97. The molecule has 3 N–H and O–H groups in total. The first-order valence-corrected chi connectivity index (χ1v) is 10.3. The number of hydrogen-bond acceptors (Lipinski definition) is 6. The van der Waals surface area contributed by atoms with E-state index < -0.39 is 17.8 Å². The summed E-state index contributed by atoms with van der Waals surface area (Å²) in [6.07, 6.45) is 3.02. The van der Waals surface area contributed by atoms with E-state index in [0.717, 1.165) is 0 Å². The van der Waals surface area contributed by atoms with Gasteiger partial charge in [-0.1, -0.05) is 35.3 Å². The molecule has 2 heterocycles. The number of pyridine rings is 1. The normalized spacial score (nSPS) is 12.7. The Bertz CT molecular complexity index is 1290. The van der Waals surface area contributed by atoms with E-state index >= 15 is 0 Å². The van der Waals surface area contributed by atoms with Gasteiger partial charge in [-0.25, -0.2) is 9.78 Å². The quantitative estimate of drug-likeness (QED) is 0.362. The van der Waals surface area contributed by atoms with Crippen molar-refractivity contribution in [1.29, 1.82) is 0 Å². The van der Waals surface area contributed by atoms with Crippen molar-refractivity contribution < 1.29 is 24.2 Å². The van der Waals surface area contributed by atoms with E-state index in [4.69, 9.17) is 27.9 Å². The largest absolute Gasteiger partial charge is 0.506 e. The number of rotatable bonds is 5. The second kappa shape index (κ2) is 9.32. The van der Waals surface area contributed by atoms with Gasteiger partial charge in [0.05, 0.1) is 21.8 Å². The zero-order valence-electron chi connectivity index (χ0n) is 16.8. The van der Waals surface area contributed by atoms with Crippen molar-refractivity contribution in [2.75, 3.05) is 17.2 Å². The van der Waals surface area contributed by atoms with E-state index in [0.29, 0.717) is 16.2 Å². The fourth-order valence-electron chi connectivity index (χ4n) is 3.12. The van der Waals surface area contributed by atoms with Crippen LogP contribution in [0.15, 0.2) is 60.8 Å². The average Bonchev–Trinajstić information content (AvgIpc) is 3.22. The van der Waals surface area contributed by atoms with E-state index in [1.54, 1.807) is 24.3 Å². The molecule has 1 aliphatic rings. The van der Waals surface area contributed by atoms with Crippen LogP contribution >= 0.6 is 23.2 Å². The maximum Gasteiger partial charge on any atom is 0.338 e. The Balaban J connectivity index is 1.57. The fourth-order valence-corrected chi connectivity index (χ4v) is 3.44. The number of carbonyl (C=O) groups excluding carboxylic acids is 3. The van der Waals surface area contributed by atoms with Gasteiger partial charge in [-0.15, -0.1) is 0 Å². The summed E-state index contributed by atoms with van der Waals surface area (Å²) in [7, 11) is 0. The summed E-state index contributed by atoms with van der Waals surface area (Å²) < 4.78 is 4.89. The standard InChI is InChI=1S/C23H15Cl2N3O5/c24-14-5-6-19(26-11-14)27-22(31)17-9-15(25)10-18(29)20(17)28-21(30)13-3-1-12(2-4-13)16-7-8-33-23(16)32/h1-7,9-11,29H,8H2,(H,28,30)(H,26,27,31). The first-order valence-electron chi connectivity index (χ1n) is 9.56. The summed E-state index contributed by atoms with van der Waals surface area (Å²) in [5.41, 5.74) is 1.08. The molecule has 10 heteroatoms. The maximum absolute atomic E-state index is 12.8. The van der Waals surface area contributed by atoms with Crippen LogP contribution in [0.1, 0.15) is 26.3 Å². The topological polar surface area (TPSA) is 118 Å². The molecule has 1 aromatic heterocycles. The molecular formula is C23H15Cl2N3O5. The summed E-state index contributed by atoms with van der Waals surface area (Å²) in [6.45, 7) is 0.211. The third-order valence-electron chi connectivity index (χ3n) is 4.71. The number of anilines is 2. The average molecular weight is 484 g/mol. The van der Waals surface area contributed by atoms with Gasteiger partial charge >= 0.3 is 5.97 Å². The van der Waals surface area contributed by atoms with E-state index in [1.165, 1.54) is 36.5 Å². The summed E-state index contributed by atoms with van der Waals surface area (Å²) in [6, 6.07) is 11.8. The minimum Gasteiger partial charge on any atom is -0.506 e. The van der Waals surface area contributed by atoms with Crippen molar-refractivity contribution in [1.82, 2.24) is 4.98 Å². The molecule has 166 valence electrons. The predicted octanol–water partition coefficient (Wildman–Crippen LogP) is 4.54. The highest BCUT2D eigenvalue weighted by Gasteiger charge is 2.21. The van der Waals surface area contributed by atoms with Gasteiger partial charge in [-0.2, -0.15) is 0 Å². The van der Waals surface area contributed by atoms with Crippen LogP contribution in [0.4, 0.5) is 11.5 Å². The number of phenols is 1. The van der Waals surface area contributed by atoms with Crippen LogP contribution in [0.5, 0.6) is 5.75 Å². The molecule has 0 saturated carbocycles. The molecule has 2 amide bonds. The number of aromatic hydroxyl groups is 1. The number of carbonyl (C=O) groups is 3. The lowest BCUT2D eigenvalue weighted by Crippen LogP contribution is -2.19. The number of nitrogens with one attached hydrogen (secondary N) is 2. The van der Waals surface area contributed by atoms with E-state index in [9.17, 15) is 19.5 Å². The Kier molecular flexibility index (Phi) is 6.30. The number of amides is 2. The third-order valence-corrected chi connectivity index (χ3v) is 5.16. The van der Waals surface area contributed by atoms with Gasteiger partial charge < -0.3 is 20.5 Å². The highest BCUT2D eigenvalue weighted by atomic mass is 35.5. The molecule has 0 aliphatic carbocycles. The Labute approximate surface area is 197 Å². The van der Waals surface area contributed by atoms with Crippen molar-refractivity contribution in [3.05, 3.63) is 87.5 Å². The number of ether oxygens (including phenoxy) is 1. The molecule has 0 spiro atoms. The number of aromatic nitrogens is 1. The lowest BCUT2D eigenvalue weighted by molar-refractivity contribution is -0.133. The van der Waals surface area contributed by atoms with Gasteiger partial charge in [0, 0.05) is 22.8 Å². The van der Waals surface area contributed by atoms with Crippen molar-refractivity contribution in [3.63, 3.8) is 0 Å². The molecule has 4 rings (SSSR count). The number of esters is 1.